The van der Waals surface area contributed by atoms with Crippen LogP contribution >= 0.6 is 0 Å². The van der Waals surface area contributed by atoms with Crippen LogP contribution in [0.3, 0.4) is 0 Å². The number of aliphatic hydroxyl groups is 1. The molecule has 1 saturated heterocycles. The second-order valence-electron chi connectivity index (χ2n) is 7.38. The predicted molar refractivity (Wildman–Crippen MR) is 105 cm³/mol. The van der Waals surface area contributed by atoms with E-state index in [-0.39, 0.29) is 23.0 Å². The number of benzene rings is 3. The summed E-state index contributed by atoms with van der Waals surface area (Å²) < 4.78 is 47.9. The summed E-state index contributed by atoms with van der Waals surface area (Å²) >= 11 is 0. The molecular weight excluding hydrogens is 377 g/mol. The molecule has 1 N–H and O–H groups in total. The summed E-state index contributed by atoms with van der Waals surface area (Å²) in [7, 11) is 0. The van der Waals surface area contributed by atoms with Crippen LogP contribution < -0.4 is 0 Å². The first-order chi connectivity index (χ1) is 13.9. The van der Waals surface area contributed by atoms with E-state index in [1.54, 1.807) is 43.3 Å². The van der Waals surface area contributed by atoms with Gasteiger partial charge in [0, 0.05) is 11.1 Å². The van der Waals surface area contributed by atoms with Crippen LogP contribution in [-0.4, -0.2) is 11.7 Å². The topological polar surface area (TPSA) is 32.8 Å². The van der Waals surface area contributed by atoms with E-state index in [0.717, 1.165) is 5.56 Å². The Morgan fingerprint density at radius 1 is 0.966 bits per heavy atom. The summed E-state index contributed by atoms with van der Waals surface area (Å²) in [5.74, 6) is -2.06. The van der Waals surface area contributed by atoms with Crippen molar-refractivity contribution in [3.8, 4) is 11.1 Å². The van der Waals surface area contributed by atoms with Gasteiger partial charge in [0.05, 0.1) is 12.7 Å². The highest BCUT2D eigenvalue weighted by Gasteiger charge is 2.30. The van der Waals surface area contributed by atoms with Gasteiger partial charge in [0.2, 0.25) is 0 Å². The van der Waals surface area contributed by atoms with Gasteiger partial charge in [-0.2, -0.15) is 0 Å². The first-order valence-electron chi connectivity index (χ1n) is 9.59. The smallest absolute Gasteiger partial charge is 0.167 e. The molecule has 0 radical (unpaired) electrons. The maximum Gasteiger partial charge on any atom is 0.167 e. The summed E-state index contributed by atoms with van der Waals surface area (Å²) in [5.41, 5.74) is 3.14. The molecule has 150 valence electrons. The van der Waals surface area contributed by atoms with Gasteiger partial charge in [-0.15, -0.1) is 0 Å². The van der Waals surface area contributed by atoms with Gasteiger partial charge in [-0.05, 0) is 48.1 Å². The van der Waals surface area contributed by atoms with Crippen LogP contribution in [0, 0.1) is 17.5 Å². The molecule has 0 saturated carbocycles. The summed E-state index contributed by atoms with van der Waals surface area (Å²) in [6, 6.07) is 15.1. The van der Waals surface area contributed by atoms with Gasteiger partial charge in [0.15, 0.2) is 11.6 Å². The molecule has 1 fully saturated rings. The van der Waals surface area contributed by atoms with E-state index >= 15 is 0 Å². The summed E-state index contributed by atoms with van der Waals surface area (Å²) in [6.45, 7) is 2.02. The highest BCUT2D eigenvalue weighted by molar-refractivity contribution is 5.65. The molecular formula is C24H21F3O2. The largest absolute Gasteiger partial charge is 0.389 e. The second kappa shape index (κ2) is 8.01. The number of epoxide rings is 1. The third-order valence-electron chi connectivity index (χ3n) is 5.30. The molecule has 0 aromatic heterocycles. The van der Waals surface area contributed by atoms with Crippen LogP contribution in [0.5, 0.6) is 0 Å². The van der Waals surface area contributed by atoms with Gasteiger partial charge in [0.1, 0.15) is 11.9 Å². The van der Waals surface area contributed by atoms with Crippen molar-refractivity contribution in [1.29, 1.82) is 0 Å². The third-order valence-corrected chi connectivity index (χ3v) is 5.30. The Balaban J connectivity index is 1.47. The molecule has 1 aliphatic rings. The fraction of sp³-hybridized carbons (Fsp3) is 0.250. The molecule has 0 bridgehead atoms. The zero-order valence-electron chi connectivity index (χ0n) is 16.0. The van der Waals surface area contributed by atoms with Gasteiger partial charge in [-0.1, -0.05) is 48.5 Å². The SMILES string of the molecule is CC(O)c1ccc(CCc2ccc(-c3ccc(C4CO4)c(F)c3F)cc2)c(F)c1. The fourth-order valence-corrected chi connectivity index (χ4v) is 3.42. The van der Waals surface area contributed by atoms with Crippen LogP contribution in [0.1, 0.15) is 41.4 Å². The average molecular weight is 398 g/mol. The van der Waals surface area contributed by atoms with E-state index in [9.17, 15) is 18.3 Å². The maximum absolute atomic E-state index is 14.4. The molecule has 1 aliphatic heterocycles. The highest BCUT2D eigenvalue weighted by Crippen LogP contribution is 2.35. The molecule has 0 spiro atoms. The molecule has 29 heavy (non-hydrogen) atoms. The van der Waals surface area contributed by atoms with E-state index in [0.29, 0.717) is 36.1 Å². The highest BCUT2D eigenvalue weighted by atomic mass is 19.2. The molecule has 0 amide bonds. The molecule has 2 nitrogen and oxygen atoms in total. The second-order valence-corrected chi connectivity index (χ2v) is 7.38. The summed E-state index contributed by atoms with van der Waals surface area (Å²) in [4.78, 5) is 0. The van der Waals surface area contributed by atoms with Crippen molar-refractivity contribution in [2.24, 2.45) is 0 Å². The number of ether oxygens (including phenoxy) is 1. The molecule has 1 heterocycles. The Morgan fingerprint density at radius 2 is 1.69 bits per heavy atom. The molecule has 4 rings (SSSR count). The minimum Gasteiger partial charge on any atom is -0.389 e. The lowest BCUT2D eigenvalue weighted by atomic mass is 9.98. The van der Waals surface area contributed by atoms with Crippen molar-refractivity contribution < 1.29 is 23.0 Å². The van der Waals surface area contributed by atoms with E-state index < -0.39 is 17.7 Å². The predicted octanol–water partition coefficient (Wildman–Crippen LogP) is 5.68. The van der Waals surface area contributed by atoms with Crippen molar-refractivity contribution >= 4 is 0 Å². The normalized spacial score (nSPS) is 16.7. The van der Waals surface area contributed by atoms with E-state index in [2.05, 4.69) is 0 Å². The Kier molecular flexibility index (Phi) is 5.43. The first-order valence-corrected chi connectivity index (χ1v) is 9.59. The molecule has 3 aromatic carbocycles. The van der Waals surface area contributed by atoms with Gasteiger partial charge in [-0.3, -0.25) is 0 Å². The fourth-order valence-electron chi connectivity index (χ4n) is 3.42. The van der Waals surface area contributed by atoms with E-state index in [1.165, 1.54) is 6.07 Å². The lowest BCUT2D eigenvalue weighted by Gasteiger charge is -2.10. The van der Waals surface area contributed by atoms with Crippen LogP contribution in [0.15, 0.2) is 54.6 Å². The maximum atomic E-state index is 14.4. The molecule has 2 unspecified atom stereocenters. The minimum atomic E-state index is -0.869. The van der Waals surface area contributed by atoms with Crippen LogP contribution in [0.4, 0.5) is 13.2 Å². The Labute approximate surface area is 167 Å². The van der Waals surface area contributed by atoms with Crippen molar-refractivity contribution in [1.82, 2.24) is 0 Å². The van der Waals surface area contributed by atoms with Gasteiger partial charge >= 0.3 is 0 Å². The molecule has 3 aromatic rings. The number of hydrogen-bond acceptors (Lipinski definition) is 2. The van der Waals surface area contributed by atoms with E-state index in [4.69, 9.17) is 4.74 Å². The quantitative estimate of drug-likeness (QED) is 0.542. The summed E-state index contributed by atoms with van der Waals surface area (Å²) in [5, 5.41) is 9.53. The van der Waals surface area contributed by atoms with Crippen LogP contribution in [-0.2, 0) is 17.6 Å². The number of aliphatic hydroxyl groups excluding tert-OH is 1. The lowest BCUT2D eigenvalue weighted by molar-refractivity contribution is 0.199. The number of aryl methyl sites for hydroxylation is 2. The Bertz CT molecular complexity index is 1030. The molecule has 2 atom stereocenters. The molecule has 0 aliphatic carbocycles. The van der Waals surface area contributed by atoms with Crippen molar-refractivity contribution in [2.75, 3.05) is 6.61 Å². The number of hydrogen-bond donors (Lipinski definition) is 1. The van der Waals surface area contributed by atoms with Gasteiger partial charge in [-0.25, -0.2) is 13.2 Å². The number of rotatable bonds is 6. The first kappa shape index (κ1) is 19.7. The Hall–Kier alpha value is -2.63. The van der Waals surface area contributed by atoms with Gasteiger partial charge < -0.3 is 9.84 Å². The lowest BCUT2D eigenvalue weighted by Crippen LogP contribution is -1.99. The van der Waals surface area contributed by atoms with Crippen LogP contribution in [0.25, 0.3) is 11.1 Å². The van der Waals surface area contributed by atoms with Crippen molar-refractivity contribution in [3.63, 3.8) is 0 Å². The zero-order chi connectivity index (χ0) is 20.5. The monoisotopic (exact) mass is 398 g/mol. The minimum absolute atomic E-state index is 0.207. The molecule has 5 heteroatoms. The third kappa shape index (κ3) is 4.21. The summed E-state index contributed by atoms with van der Waals surface area (Å²) in [6.07, 6.45) is 0.0721. The zero-order valence-corrected chi connectivity index (χ0v) is 16.0. The van der Waals surface area contributed by atoms with E-state index in [1.807, 2.05) is 12.1 Å². The van der Waals surface area contributed by atoms with Gasteiger partial charge in [0.25, 0.3) is 0 Å². The van der Waals surface area contributed by atoms with Crippen molar-refractivity contribution in [3.05, 3.63) is 94.3 Å². The number of halogens is 3. The Morgan fingerprint density at radius 3 is 2.31 bits per heavy atom. The average Bonchev–Trinajstić information content (AvgIpc) is 3.54. The van der Waals surface area contributed by atoms with Crippen molar-refractivity contribution in [2.45, 2.75) is 32.0 Å². The van der Waals surface area contributed by atoms with Crippen LogP contribution in [0.2, 0.25) is 0 Å². The standard InChI is InChI=1S/C24H21F3O2/c1-14(28)18-9-8-17(21(25)12-18)7-4-15-2-5-16(6-3-15)19-10-11-20(22-13-29-22)24(27)23(19)26/h2-3,5-6,8-12,14,22,28H,4,7,13H2,1H3.